The number of sulfonamides is 1. The molecule has 2 rings (SSSR count). The second-order valence-electron chi connectivity index (χ2n) is 5.10. The standard InChI is InChI=1S/C15H15FN2O4S/c1-10-3-8-14(18(19)20)9-15(10)23(21,22)17-11(2)12-4-6-13(16)7-5-12/h3-9,11,17H,1-2H3/t11-/m1/s1. The van der Waals surface area contributed by atoms with E-state index < -0.39 is 26.8 Å². The Kier molecular flexibility index (Phi) is 4.76. The van der Waals surface area contributed by atoms with Gasteiger partial charge in [0.1, 0.15) is 5.82 Å². The number of nitro benzene ring substituents is 1. The lowest BCUT2D eigenvalue weighted by molar-refractivity contribution is -0.385. The van der Waals surface area contributed by atoms with Gasteiger partial charge in [-0.1, -0.05) is 18.2 Å². The minimum Gasteiger partial charge on any atom is -0.258 e. The van der Waals surface area contributed by atoms with E-state index in [-0.39, 0.29) is 10.6 Å². The summed E-state index contributed by atoms with van der Waals surface area (Å²) in [5, 5.41) is 10.8. The highest BCUT2D eigenvalue weighted by atomic mass is 32.2. The molecular weight excluding hydrogens is 323 g/mol. The average Bonchev–Trinajstić information content (AvgIpc) is 2.47. The minimum absolute atomic E-state index is 0.152. The van der Waals surface area contributed by atoms with Crippen LogP contribution in [0.3, 0.4) is 0 Å². The first-order valence-corrected chi connectivity index (χ1v) is 8.22. The van der Waals surface area contributed by atoms with Crippen molar-refractivity contribution in [3.8, 4) is 0 Å². The summed E-state index contributed by atoms with van der Waals surface area (Å²) in [5.41, 5.74) is 0.679. The highest BCUT2D eigenvalue weighted by molar-refractivity contribution is 7.89. The monoisotopic (exact) mass is 338 g/mol. The summed E-state index contributed by atoms with van der Waals surface area (Å²) in [6.45, 7) is 3.17. The van der Waals surface area contributed by atoms with Gasteiger partial charge in [-0.15, -0.1) is 0 Å². The SMILES string of the molecule is Cc1ccc([N+](=O)[O-])cc1S(=O)(=O)N[C@H](C)c1ccc(F)cc1. The van der Waals surface area contributed by atoms with Gasteiger partial charge in [-0.2, -0.15) is 0 Å². The van der Waals surface area contributed by atoms with Gasteiger partial charge in [0.25, 0.3) is 5.69 Å². The first kappa shape index (κ1) is 17.0. The first-order chi connectivity index (χ1) is 10.7. The number of benzene rings is 2. The van der Waals surface area contributed by atoms with Crippen molar-refractivity contribution < 1.29 is 17.7 Å². The van der Waals surface area contributed by atoms with Crippen LogP contribution in [0.1, 0.15) is 24.1 Å². The topological polar surface area (TPSA) is 89.3 Å². The molecule has 1 N–H and O–H groups in total. The molecule has 0 aliphatic heterocycles. The number of non-ortho nitro benzene ring substituents is 1. The van der Waals surface area contributed by atoms with Gasteiger partial charge in [0, 0.05) is 18.2 Å². The minimum atomic E-state index is -3.95. The highest BCUT2D eigenvalue weighted by Gasteiger charge is 2.23. The maximum absolute atomic E-state index is 12.9. The predicted molar refractivity (Wildman–Crippen MR) is 83.0 cm³/mol. The molecular formula is C15H15FN2O4S. The van der Waals surface area contributed by atoms with E-state index >= 15 is 0 Å². The van der Waals surface area contributed by atoms with E-state index in [9.17, 15) is 22.9 Å². The fourth-order valence-corrected chi connectivity index (χ4v) is 3.60. The lowest BCUT2D eigenvalue weighted by atomic mass is 10.1. The van der Waals surface area contributed by atoms with Crippen LogP contribution in [0, 0.1) is 22.9 Å². The molecule has 23 heavy (non-hydrogen) atoms. The zero-order chi connectivity index (χ0) is 17.2. The van der Waals surface area contributed by atoms with Crippen molar-refractivity contribution in [2.45, 2.75) is 24.8 Å². The van der Waals surface area contributed by atoms with Crippen molar-refractivity contribution in [1.82, 2.24) is 4.72 Å². The van der Waals surface area contributed by atoms with Gasteiger partial charge in [0.15, 0.2) is 0 Å². The second kappa shape index (κ2) is 6.43. The van der Waals surface area contributed by atoms with Crippen LogP contribution in [0.25, 0.3) is 0 Å². The van der Waals surface area contributed by atoms with E-state index in [1.165, 1.54) is 36.4 Å². The molecule has 0 fully saturated rings. The number of rotatable bonds is 5. The lowest BCUT2D eigenvalue weighted by Crippen LogP contribution is -2.27. The quantitative estimate of drug-likeness (QED) is 0.670. The Morgan fingerprint density at radius 2 is 1.78 bits per heavy atom. The average molecular weight is 338 g/mol. The molecule has 0 heterocycles. The molecule has 2 aromatic carbocycles. The molecule has 0 bridgehead atoms. The maximum Gasteiger partial charge on any atom is 0.270 e. The van der Waals surface area contributed by atoms with Gasteiger partial charge in [0.05, 0.1) is 9.82 Å². The molecule has 1 atom stereocenters. The Balaban J connectivity index is 2.33. The zero-order valence-electron chi connectivity index (χ0n) is 12.5. The van der Waals surface area contributed by atoms with Crippen molar-refractivity contribution in [1.29, 1.82) is 0 Å². The molecule has 0 amide bonds. The van der Waals surface area contributed by atoms with Crippen LogP contribution < -0.4 is 4.72 Å². The Morgan fingerprint density at radius 3 is 2.35 bits per heavy atom. The van der Waals surface area contributed by atoms with Crippen LogP contribution in [0.5, 0.6) is 0 Å². The maximum atomic E-state index is 12.9. The van der Waals surface area contributed by atoms with Gasteiger partial charge in [-0.3, -0.25) is 10.1 Å². The van der Waals surface area contributed by atoms with Crippen LogP contribution in [0.15, 0.2) is 47.4 Å². The van der Waals surface area contributed by atoms with E-state index in [1.54, 1.807) is 13.8 Å². The molecule has 8 heteroatoms. The molecule has 0 saturated carbocycles. The summed E-state index contributed by atoms with van der Waals surface area (Å²) in [6, 6.07) is 8.46. The number of aryl methyl sites for hydroxylation is 1. The van der Waals surface area contributed by atoms with Crippen LogP contribution in [-0.2, 0) is 10.0 Å². The summed E-state index contributed by atoms with van der Waals surface area (Å²) >= 11 is 0. The van der Waals surface area contributed by atoms with Crippen molar-refractivity contribution in [3.05, 3.63) is 69.5 Å². The zero-order valence-corrected chi connectivity index (χ0v) is 13.3. The van der Waals surface area contributed by atoms with E-state index in [4.69, 9.17) is 0 Å². The number of hydrogen-bond acceptors (Lipinski definition) is 4. The third kappa shape index (κ3) is 3.91. The summed E-state index contributed by atoms with van der Waals surface area (Å²) in [4.78, 5) is 10.0. The van der Waals surface area contributed by atoms with Crippen molar-refractivity contribution >= 4 is 15.7 Å². The van der Waals surface area contributed by atoms with Gasteiger partial charge in [0.2, 0.25) is 10.0 Å². The van der Waals surface area contributed by atoms with E-state index in [1.807, 2.05) is 0 Å². The number of nitrogens with zero attached hydrogens (tertiary/aromatic N) is 1. The predicted octanol–water partition coefficient (Wildman–Crippen LogP) is 3.08. The second-order valence-corrected chi connectivity index (χ2v) is 6.78. The van der Waals surface area contributed by atoms with Gasteiger partial charge >= 0.3 is 0 Å². The molecule has 6 nitrogen and oxygen atoms in total. The first-order valence-electron chi connectivity index (χ1n) is 6.73. The van der Waals surface area contributed by atoms with Gasteiger partial charge < -0.3 is 0 Å². The number of hydrogen-bond donors (Lipinski definition) is 1. The van der Waals surface area contributed by atoms with Crippen LogP contribution in [0.2, 0.25) is 0 Å². The van der Waals surface area contributed by atoms with Crippen LogP contribution in [0.4, 0.5) is 10.1 Å². The fraction of sp³-hybridized carbons (Fsp3) is 0.200. The van der Waals surface area contributed by atoms with E-state index in [0.29, 0.717) is 11.1 Å². The Hall–Kier alpha value is -2.32. The Morgan fingerprint density at radius 1 is 1.17 bits per heavy atom. The highest BCUT2D eigenvalue weighted by Crippen LogP contribution is 2.23. The molecule has 0 aliphatic carbocycles. The molecule has 2 aromatic rings. The van der Waals surface area contributed by atoms with Crippen molar-refractivity contribution in [2.75, 3.05) is 0 Å². The molecule has 0 aromatic heterocycles. The molecule has 0 saturated heterocycles. The Bertz CT molecular complexity index is 835. The summed E-state index contributed by atoms with van der Waals surface area (Å²) in [5.74, 6) is -0.418. The normalized spacial score (nSPS) is 12.8. The van der Waals surface area contributed by atoms with Crippen molar-refractivity contribution in [2.24, 2.45) is 0 Å². The summed E-state index contributed by atoms with van der Waals surface area (Å²) in [6.07, 6.45) is 0. The third-order valence-electron chi connectivity index (χ3n) is 3.37. The van der Waals surface area contributed by atoms with Gasteiger partial charge in [-0.05, 0) is 37.1 Å². The molecule has 0 radical (unpaired) electrons. The van der Waals surface area contributed by atoms with Gasteiger partial charge in [-0.25, -0.2) is 17.5 Å². The molecule has 0 aliphatic rings. The van der Waals surface area contributed by atoms with Crippen LogP contribution >= 0.6 is 0 Å². The summed E-state index contributed by atoms with van der Waals surface area (Å²) in [7, 11) is -3.95. The van der Waals surface area contributed by atoms with E-state index in [2.05, 4.69) is 4.72 Å². The van der Waals surface area contributed by atoms with Crippen molar-refractivity contribution in [3.63, 3.8) is 0 Å². The number of nitrogens with one attached hydrogen (secondary N) is 1. The molecule has 0 unspecified atom stereocenters. The fourth-order valence-electron chi connectivity index (χ4n) is 2.11. The van der Waals surface area contributed by atoms with E-state index in [0.717, 1.165) is 6.07 Å². The third-order valence-corrected chi connectivity index (χ3v) is 5.06. The summed E-state index contributed by atoms with van der Waals surface area (Å²) < 4.78 is 40.3. The molecule has 122 valence electrons. The Labute approximate surface area is 133 Å². The number of nitro groups is 1. The lowest BCUT2D eigenvalue weighted by Gasteiger charge is -2.15. The molecule has 0 spiro atoms. The smallest absolute Gasteiger partial charge is 0.258 e. The number of halogens is 1. The largest absolute Gasteiger partial charge is 0.270 e. The van der Waals surface area contributed by atoms with Crippen LogP contribution in [-0.4, -0.2) is 13.3 Å².